The molecule has 4 aromatic rings. The maximum absolute atomic E-state index is 14.5. The lowest BCUT2D eigenvalue weighted by Crippen LogP contribution is -2.54. The summed E-state index contributed by atoms with van der Waals surface area (Å²) < 4.78 is 35.0. The standard InChI is InChI=1S/C35H38ClN3O5S/c1-25(2)37-35(41)32(22-27-10-6-5-7-11-27)38(23-28-16-18-29(36)19-17-28)34(40)24-39(31-12-8-9-13-33(31)44-4)45(42,43)30-20-14-26(3)15-21-30/h5-21,25,32H,22-24H2,1-4H3,(H,37,41)/t32-/m0/s1. The lowest BCUT2D eigenvalue weighted by Gasteiger charge is -2.34. The maximum Gasteiger partial charge on any atom is 0.264 e. The molecule has 1 atom stereocenters. The van der Waals surface area contributed by atoms with E-state index < -0.39 is 28.5 Å². The van der Waals surface area contributed by atoms with Gasteiger partial charge in [0.15, 0.2) is 0 Å². The number of benzene rings is 4. The van der Waals surface area contributed by atoms with Crippen molar-refractivity contribution in [2.24, 2.45) is 0 Å². The number of ether oxygens (including phenoxy) is 1. The summed E-state index contributed by atoms with van der Waals surface area (Å²) in [7, 11) is -2.81. The smallest absolute Gasteiger partial charge is 0.264 e. The van der Waals surface area contributed by atoms with E-state index in [1.165, 1.54) is 24.1 Å². The van der Waals surface area contributed by atoms with Crippen LogP contribution in [0.3, 0.4) is 0 Å². The van der Waals surface area contributed by atoms with Gasteiger partial charge in [-0.2, -0.15) is 0 Å². The molecule has 45 heavy (non-hydrogen) atoms. The highest BCUT2D eigenvalue weighted by Gasteiger charge is 2.35. The number of methoxy groups -OCH3 is 1. The van der Waals surface area contributed by atoms with Crippen LogP contribution in [-0.2, 0) is 32.6 Å². The monoisotopic (exact) mass is 647 g/mol. The second-order valence-corrected chi connectivity index (χ2v) is 13.3. The number of halogens is 1. The van der Waals surface area contributed by atoms with Gasteiger partial charge in [-0.25, -0.2) is 8.42 Å². The van der Waals surface area contributed by atoms with Gasteiger partial charge in [0.1, 0.15) is 18.3 Å². The van der Waals surface area contributed by atoms with E-state index >= 15 is 0 Å². The number of nitrogens with one attached hydrogen (secondary N) is 1. The van der Waals surface area contributed by atoms with Gasteiger partial charge >= 0.3 is 0 Å². The lowest BCUT2D eigenvalue weighted by atomic mass is 10.0. The summed E-state index contributed by atoms with van der Waals surface area (Å²) in [5, 5.41) is 3.48. The first-order valence-corrected chi connectivity index (χ1v) is 16.4. The molecule has 0 spiro atoms. The maximum atomic E-state index is 14.5. The quantitative estimate of drug-likeness (QED) is 0.192. The summed E-state index contributed by atoms with van der Waals surface area (Å²) in [6.45, 7) is 5.02. The van der Waals surface area contributed by atoms with Crippen LogP contribution in [0.5, 0.6) is 5.75 Å². The summed E-state index contributed by atoms with van der Waals surface area (Å²) in [4.78, 5) is 29.8. The molecular weight excluding hydrogens is 610 g/mol. The second-order valence-electron chi connectivity index (χ2n) is 11.0. The number of hydrogen-bond acceptors (Lipinski definition) is 5. The van der Waals surface area contributed by atoms with E-state index in [-0.39, 0.29) is 41.2 Å². The number of carbonyl (C=O) groups excluding carboxylic acids is 2. The summed E-state index contributed by atoms with van der Waals surface area (Å²) >= 11 is 6.14. The molecule has 2 amide bonds. The van der Waals surface area contributed by atoms with Gasteiger partial charge in [-0.3, -0.25) is 13.9 Å². The van der Waals surface area contributed by atoms with Crippen LogP contribution >= 0.6 is 11.6 Å². The zero-order valence-corrected chi connectivity index (χ0v) is 27.4. The SMILES string of the molecule is COc1ccccc1N(CC(=O)N(Cc1ccc(Cl)cc1)[C@@H](Cc1ccccc1)C(=O)NC(C)C)S(=O)(=O)c1ccc(C)cc1. The number of sulfonamides is 1. The zero-order valence-electron chi connectivity index (χ0n) is 25.8. The van der Waals surface area contributed by atoms with E-state index in [0.29, 0.717) is 5.02 Å². The number of anilines is 1. The molecule has 0 unspecified atom stereocenters. The van der Waals surface area contributed by atoms with Crippen molar-refractivity contribution in [2.45, 2.75) is 50.7 Å². The van der Waals surface area contributed by atoms with Crippen LogP contribution in [0.1, 0.15) is 30.5 Å². The van der Waals surface area contributed by atoms with Crippen molar-refractivity contribution in [1.29, 1.82) is 0 Å². The molecule has 0 aliphatic heterocycles. The van der Waals surface area contributed by atoms with Gasteiger partial charge in [-0.1, -0.05) is 83.9 Å². The van der Waals surface area contributed by atoms with Gasteiger partial charge in [0, 0.05) is 24.0 Å². The average molecular weight is 648 g/mol. The predicted molar refractivity (Wildman–Crippen MR) is 178 cm³/mol. The molecule has 0 bridgehead atoms. The van der Waals surface area contributed by atoms with Crippen LogP contribution in [0.15, 0.2) is 108 Å². The summed E-state index contributed by atoms with van der Waals surface area (Å²) in [6, 6.07) is 28.3. The number of rotatable bonds is 13. The number of para-hydroxylation sites is 2. The van der Waals surface area contributed by atoms with E-state index in [4.69, 9.17) is 16.3 Å². The van der Waals surface area contributed by atoms with Crippen LogP contribution in [0.25, 0.3) is 0 Å². The van der Waals surface area contributed by atoms with Gasteiger partial charge in [0.2, 0.25) is 11.8 Å². The molecule has 8 nitrogen and oxygen atoms in total. The first-order chi connectivity index (χ1) is 21.5. The molecular formula is C35H38ClN3O5S. The molecule has 0 aromatic heterocycles. The summed E-state index contributed by atoms with van der Waals surface area (Å²) in [5.41, 5.74) is 2.67. The highest BCUT2D eigenvalue weighted by Crippen LogP contribution is 2.33. The average Bonchev–Trinajstić information content (AvgIpc) is 3.02. The van der Waals surface area contributed by atoms with Gasteiger partial charge in [0.05, 0.1) is 17.7 Å². The Morgan fingerprint density at radius 3 is 2.09 bits per heavy atom. The number of hydrogen-bond donors (Lipinski definition) is 1. The molecule has 4 aromatic carbocycles. The number of aryl methyl sites for hydroxylation is 1. The number of amides is 2. The fraction of sp³-hybridized carbons (Fsp3) is 0.257. The van der Waals surface area contributed by atoms with E-state index in [2.05, 4.69) is 5.32 Å². The summed E-state index contributed by atoms with van der Waals surface area (Å²) in [5.74, 6) is -0.628. The van der Waals surface area contributed by atoms with Crippen molar-refractivity contribution in [1.82, 2.24) is 10.2 Å². The van der Waals surface area contributed by atoms with Gasteiger partial charge in [-0.05, 0) is 68.3 Å². The number of nitrogens with zero attached hydrogens (tertiary/aromatic N) is 2. The molecule has 0 heterocycles. The molecule has 236 valence electrons. The van der Waals surface area contributed by atoms with E-state index in [0.717, 1.165) is 21.0 Å². The van der Waals surface area contributed by atoms with Crippen molar-refractivity contribution in [2.75, 3.05) is 18.0 Å². The topological polar surface area (TPSA) is 96.0 Å². The third-order valence-corrected chi connectivity index (χ3v) is 9.24. The fourth-order valence-corrected chi connectivity index (χ4v) is 6.46. The molecule has 0 fully saturated rings. The molecule has 0 saturated heterocycles. The third kappa shape index (κ3) is 8.65. The van der Waals surface area contributed by atoms with Crippen molar-refractivity contribution in [3.63, 3.8) is 0 Å². The summed E-state index contributed by atoms with van der Waals surface area (Å²) in [6.07, 6.45) is 0.220. The van der Waals surface area contributed by atoms with Crippen molar-refractivity contribution in [3.05, 3.63) is 125 Å². The Morgan fingerprint density at radius 1 is 0.844 bits per heavy atom. The Kier molecular flexibility index (Phi) is 11.3. The lowest BCUT2D eigenvalue weighted by molar-refractivity contribution is -0.140. The molecule has 10 heteroatoms. The number of carbonyl (C=O) groups is 2. The Labute approximate surface area is 270 Å². The predicted octanol–water partition coefficient (Wildman–Crippen LogP) is 6.02. The minimum absolute atomic E-state index is 0.0226. The molecule has 4 rings (SSSR count). The molecule has 0 aliphatic rings. The Hall–Kier alpha value is -4.34. The van der Waals surface area contributed by atoms with E-state index in [1.807, 2.05) is 51.1 Å². The van der Waals surface area contributed by atoms with Crippen LogP contribution < -0.4 is 14.4 Å². The normalized spacial score (nSPS) is 12.0. The van der Waals surface area contributed by atoms with Crippen LogP contribution in [0.4, 0.5) is 5.69 Å². The van der Waals surface area contributed by atoms with Gasteiger partial charge in [-0.15, -0.1) is 0 Å². The third-order valence-electron chi connectivity index (χ3n) is 7.21. The van der Waals surface area contributed by atoms with Crippen molar-refractivity contribution >= 4 is 39.1 Å². The second kappa shape index (κ2) is 15.1. The minimum Gasteiger partial charge on any atom is -0.495 e. The van der Waals surface area contributed by atoms with Crippen LogP contribution in [-0.4, -0.2) is 50.9 Å². The molecule has 0 aliphatic carbocycles. The van der Waals surface area contributed by atoms with Crippen molar-refractivity contribution < 1.29 is 22.7 Å². The van der Waals surface area contributed by atoms with Crippen molar-refractivity contribution in [3.8, 4) is 5.75 Å². The van der Waals surface area contributed by atoms with Crippen LogP contribution in [0, 0.1) is 6.92 Å². The molecule has 0 radical (unpaired) electrons. The van der Waals surface area contributed by atoms with Gasteiger partial charge < -0.3 is 15.0 Å². The first-order valence-electron chi connectivity index (χ1n) is 14.6. The molecule has 1 N–H and O–H groups in total. The highest BCUT2D eigenvalue weighted by atomic mass is 35.5. The first kappa shape index (κ1) is 33.6. The van der Waals surface area contributed by atoms with E-state index in [1.54, 1.807) is 60.7 Å². The Bertz CT molecular complexity index is 1700. The zero-order chi connectivity index (χ0) is 32.6. The largest absolute Gasteiger partial charge is 0.495 e. The Morgan fingerprint density at radius 2 is 1.47 bits per heavy atom. The molecule has 0 saturated carbocycles. The van der Waals surface area contributed by atoms with Crippen LogP contribution in [0.2, 0.25) is 5.02 Å². The fourth-order valence-electron chi connectivity index (χ4n) is 4.91. The Balaban J connectivity index is 1.83. The highest BCUT2D eigenvalue weighted by molar-refractivity contribution is 7.92. The van der Waals surface area contributed by atoms with E-state index in [9.17, 15) is 18.0 Å². The van der Waals surface area contributed by atoms with Gasteiger partial charge in [0.25, 0.3) is 10.0 Å². The minimum atomic E-state index is -4.25.